The summed E-state index contributed by atoms with van der Waals surface area (Å²) in [5, 5.41) is 12.0. The number of nitrogens with one attached hydrogen (secondary N) is 1. The quantitative estimate of drug-likeness (QED) is 0.231. The Bertz CT molecular complexity index is 1510. The Balaban J connectivity index is 0.000000732. The van der Waals surface area contributed by atoms with Crippen LogP contribution in [0, 0.1) is 57.2 Å². The fourth-order valence-corrected chi connectivity index (χ4v) is 10.9. The molecular weight excluding hydrogens is 624 g/mol. The molecule has 0 radical (unpaired) electrons. The number of nitrogens with zero attached hydrogens (tertiary/aromatic N) is 3. The van der Waals surface area contributed by atoms with Gasteiger partial charge in [-0.1, -0.05) is 85.5 Å². The van der Waals surface area contributed by atoms with Gasteiger partial charge in [0, 0.05) is 17.4 Å². The second kappa shape index (κ2) is 13.2. The van der Waals surface area contributed by atoms with Crippen LogP contribution >= 0.6 is 0 Å². The number of ketones is 1. The molecule has 50 heavy (non-hydrogen) atoms. The van der Waals surface area contributed by atoms with E-state index < -0.39 is 5.41 Å². The van der Waals surface area contributed by atoms with Crippen molar-refractivity contribution in [2.24, 2.45) is 62.9 Å². The zero-order valence-corrected chi connectivity index (χ0v) is 33.4. The summed E-state index contributed by atoms with van der Waals surface area (Å²) in [6.07, 6.45) is 12.6. The van der Waals surface area contributed by atoms with Crippen LogP contribution in [-0.2, 0) is 14.3 Å². The second-order valence-electron chi connectivity index (χ2n) is 19.0. The van der Waals surface area contributed by atoms with E-state index in [0.717, 1.165) is 32.1 Å². The number of carbonyl (C=O) groups is 1. The first kappa shape index (κ1) is 38.7. The van der Waals surface area contributed by atoms with Crippen molar-refractivity contribution in [3.63, 3.8) is 0 Å². The number of hydrogen-bond donors (Lipinski definition) is 3. The monoisotopic (exact) mass is 693 g/mol. The van der Waals surface area contributed by atoms with Crippen LogP contribution in [0.1, 0.15) is 129 Å². The number of fused-ring (bicyclic) bond motifs is 3. The Morgan fingerprint density at radius 2 is 1.78 bits per heavy atom. The largest absolute Gasteiger partial charge is 0.495 e. The van der Waals surface area contributed by atoms with E-state index >= 15 is 0 Å². The van der Waals surface area contributed by atoms with E-state index in [-0.39, 0.29) is 39.4 Å². The van der Waals surface area contributed by atoms with Gasteiger partial charge in [0.15, 0.2) is 5.78 Å². The van der Waals surface area contributed by atoms with Crippen molar-refractivity contribution >= 4 is 11.7 Å². The summed E-state index contributed by atoms with van der Waals surface area (Å²) in [5.41, 5.74) is 14.7. The van der Waals surface area contributed by atoms with Gasteiger partial charge in [0.2, 0.25) is 0 Å². The van der Waals surface area contributed by atoms with Crippen LogP contribution in [-0.4, -0.2) is 50.3 Å². The zero-order valence-electron chi connectivity index (χ0n) is 33.4. The van der Waals surface area contributed by atoms with E-state index in [1.807, 2.05) is 6.26 Å². The first-order valence-corrected chi connectivity index (χ1v) is 19.3. The highest BCUT2D eigenvalue weighted by Gasteiger charge is 2.70. The molecule has 5 aliphatic rings. The van der Waals surface area contributed by atoms with Gasteiger partial charge < -0.3 is 20.9 Å². The molecule has 1 spiro atoms. The van der Waals surface area contributed by atoms with E-state index in [4.69, 9.17) is 20.9 Å². The molecule has 1 aliphatic heterocycles. The van der Waals surface area contributed by atoms with Gasteiger partial charge in [0.1, 0.15) is 5.60 Å². The van der Waals surface area contributed by atoms with Gasteiger partial charge in [-0.25, -0.2) is 0 Å². The van der Waals surface area contributed by atoms with Gasteiger partial charge in [-0.3, -0.25) is 4.79 Å². The van der Waals surface area contributed by atoms with Crippen LogP contribution in [0.3, 0.4) is 0 Å². The van der Waals surface area contributed by atoms with Gasteiger partial charge in [0.25, 0.3) is 5.95 Å². The standard InChI is InChI=1S/C40H65NO3.CH3N5/c1-24(2)28(9)40-17-16-36(11)30-14-15-32(35(10)21-29(25(3)4)34(35)43-23-37(12,41)26(5)6)38(13,27(7)8)31(30)20-33(42)39(36,22-40)18-19-44-40;2-1-3-5-6-4-1/h18-20,24,26-28,30,32,34H,14-17,21-23,41H2,1-13H3;(H3,2,3,4,5,6)/t28-,30?,32?,34?,35+,36?,37?,38?,39-,40-;/m1./s1. The van der Waals surface area contributed by atoms with Gasteiger partial charge >= 0.3 is 0 Å². The lowest BCUT2D eigenvalue weighted by atomic mass is 9.36. The third kappa shape index (κ3) is 5.81. The highest BCUT2D eigenvalue weighted by molar-refractivity contribution is 5.99. The molecular formula is C41H68N6O3. The Hall–Kier alpha value is -2.52. The van der Waals surface area contributed by atoms with Crippen molar-refractivity contribution in [3.05, 3.63) is 35.1 Å². The fraction of sp³-hybridized carbons (Fsp3) is 0.805. The Labute approximate surface area is 302 Å². The van der Waals surface area contributed by atoms with Crippen molar-refractivity contribution in [3.8, 4) is 0 Å². The number of allylic oxidation sites excluding steroid dienone is 4. The molecule has 2 heterocycles. The van der Waals surface area contributed by atoms with E-state index in [0.29, 0.717) is 47.9 Å². The minimum absolute atomic E-state index is 0.00340. The maximum absolute atomic E-state index is 14.8. The maximum Gasteiger partial charge on any atom is 0.260 e. The van der Waals surface area contributed by atoms with Gasteiger partial charge in [-0.15, -0.1) is 5.10 Å². The number of rotatable bonds is 8. The van der Waals surface area contributed by atoms with Crippen molar-refractivity contribution < 1.29 is 14.3 Å². The van der Waals surface area contributed by atoms with Crippen LogP contribution in [0.25, 0.3) is 0 Å². The predicted molar refractivity (Wildman–Crippen MR) is 200 cm³/mol. The molecule has 6 unspecified atom stereocenters. The number of hydrogen-bond acceptors (Lipinski definition) is 8. The molecule has 1 aromatic rings. The lowest BCUT2D eigenvalue weighted by molar-refractivity contribution is -0.187. The van der Waals surface area contributed by atoms with Crippen LogP contribution in [0.15, 0.2) is 35.1 Å². The molecule has 2 bridgehead atoms. The molecule has 0 amide bonds. The minimum Gasteiger partial charge on any atom is -0.495 e. The van der Waals surface area contributed by atoms with Gasteiger partial charge in [-0.2, -0.15) is 5.21 Å². The van der Waals surface area contributed by atoms with Crippen molar-refractivity contribution in [2.75, 3.05) is 12.3 Å². The van der Waals surface area contributed by atoms with Crippen LogP contribution in [0.5, 0.6) is 0 Å². The van der Waals surface area contributed by atoms with Crippen LogP contribution < -0.4 is 11.5 Å². The Morgan fingerprint density at radius 3 is 2.30 bits per heavy atom. The first-order chi connectivity index (χ1) is 23.1. The molecule has 9 nitrogen and oxygen atoms in total. The SMILES string of the molecule is CC(C)=C1C[C@@](C)(C2CCC3C(=CC(=O)[C@]45C=CO[C@]([C@H](C)C(C)C)(CCC34C)C5)C2(C)C(C)C)C1OCC(C)(N)C(C)C.Nc1nn[nH]n1. The highest BCUT2D eigenvalue weighted by Crippen LogP contribution is 2.73. The third-order valence-electron chi connectivity index (χ3n) is 15.5. The molecule has 0 aromatic carbocycles. The lowest BCUT2D eigenvalue weighted by Gasteiger charge is -2.68. The summed E-state index contributed by atoms with van der Waals surface area (Å²) in [6.45, 7) is 30.7. The van der Waals surface area contributed by atoms with E-state index in [9.17, 15) is 4.79 Å². The highest BCUT2D eigenvalue weighted by atomic mass is 16.5. The maximum atomic E-state index is 14.8. The fourth-order valence-electron chi connectivity index (χ4n) is 10.9. The second-order valence-corrected chi connectivity index (χ2v) is 19.0. The molecule has 6 rings (SSSR count). The summed E-state index contributed by atoms with van der Waals surface area (Å²) in [5.74, 6) is 2.98. The third-order valence-corrected chi connectivity index (χ3v) is 15.5. The molecule has 3 saturated carbocycles. The summed E-state index contributed by atoms with van der Waals surface area (Å²) < 4.78 is 13.4. The predicted octanol–water partition coefficient (Wildman–Crippen LogP) is 8.22. The minimum atomic E-state index is -0.477. The van der Waals surface area contributed by atoms with Crippen LogP contribution in [0.2, 0.25) is 0 Å². The average molecular weight is 693 g/mol. The molecule has 0 saturated heterocycles. The Kier molecular flexibility index (Phi) is 10.2. The summed E-state index contributed by atoms with van der Waals surface area (Å²) in [7, 11) is 0. The first-order valence-electron chi connectivity index (χ1n) is 19.3. The number of tetrazole rings is 1. The smallest absolute Gasteiger partial charge is 0.260 e. The zero-order chi connectivity index (χ0) is 37.2. The summed E-state index contributed by atoms with van der Waals surface area (Å²) >= 11 is 0. The average Bonchev–Trinajstić information content (AvgIpc) is 3.52. The topological polar surface area (TPSA) is 142 Å². The molecule has 4 aliphatic carbocycles. The summed E-state index contributed by atoms with van der Waals surface area (Å²) in [6, 6.07) is 0. The molecule has 3 fully saturated rings. The van der Waals surface area contributed by atoms with Gasteiger partial charge in [0.05, 0.1) is 24.4 Å². The molecule has 10 atom stereocenters. The van der Waals surface area contributed by atoms with E-state index in [1.165, 1.54) is 23.1 Å². The number of H-pyrrole nitrogens is 1. The molecule has 280 valence electrons. The normalized spacial score (nSPS) is 39.4. The van der Waals surface area contributed by atoms with E-state index in [2.05, 4.69) is 123 Å². The number of carbonyl (C=O) groups excluding carboxylic acids is 1. The molecule has 9 heteroatoms. The lowest BCUT2D eigenvalue weighted by Crippen LogP contribution is -2.66. The number of nitrogens with two attached hydrogens (primary N) is 2. The number of anilines is 1. The Morgan fingerprint density at radius 1 is 1.10 bits per heavy atom. The van der Waals surface area contributed by atoms with Crippen molar-refractivity contribution in [1.29, 1.82) is 0 Å². The number of nitrogen functional groups attached to an aromatic ring is 1. The van der Waals surface area contributed by atoms with Crippen molar-refractivity contribution in [1.82, 2.24) is 20.6 Å². The van der Waals surface area contributed by atoms with Crippen LogP contribution in [0.4, 0.5) is 5.95 Å². The molecule has 5 N–H and O–H groups in total. The number of ether oxygens (including phenoxy) is 2. The number of aromatic amines is 1. The van der Waals surface area contributed by atoms with Crippen molar-refractivity contribution in [2.45, 2.75) is 146 Å². The van der Waals surface area contributed by atoms with E-state index in [1.54, 1.807) is 0 Å². The summed E-state index contributed by atoms with van der Waals surface area (Å²) in [4.78, 5) is 14.8. The molecule has 1 aromatic heterocycles. The number of aromatic nitrogens is 4. The van der Waals surface area contributed by atoms with Gasteiger partial charge in [-0.05, 0) is 122 Å².